The first-order valence-corrected chi connectivity index (χ1v) is 6.55. The minimum atomic E-state index is 0.0765. The van der Waals surface area contributed by atoms with Gasteiger partial charge in [-0.2, -0.15) is 0 Å². The summed E-state index contributed by atoms with van der Waals surface area (Å²) in [5, 5.41) is 3.30. The minimum Gasteiger partial charge on any atom is -0.381 e. The third-order valence-corrected chi connectivity index (χ3v) is 5.09. The van der Waals surface area contributed by atoms with Gasteiger partial charge in [0.25, 0.3) is 0 Å². The number of carbonyl (C=O) groups is 1. The molecule has 3 heteroatoms. The molecule has 2 heterocycles. The molecular weight excluding hydrogens is 202 g/mol. The summed E-state index contributed by atoms with van der Waals surface area (Å²) in [6.07, 6.45) is 6.55. The molecule has 3 fully saturated rings. The highest BCUT2D eigenvalue weighted by Gasteiger charge is 2.59. The van der Waals surface area contributed by atoms with Gasteiger partial charge in [0.2, 0.25) is 5.91 Å². The third-order valence-electron chi connectivity index (χ3n) is 5.09. The normalized spacial score (nSPS) is 41.8. The van der Waals surface area contributed by atoms with Crippen molar-refractivity contribution in [2.75, 3.05) is 13.2 Å². The summed E-state index contributed by atoms with van der Waals surface area (Å²) in [5.74, 6) is 1.06. The maximum absolute atomic E-state index is 11.8. The lowest BCUT2D eigenvalue weighted by Crippen LogP contribution is -2.54. The Labute approximate surface area is 96.9 Å². The first kappa shape index (κ1) is 10.6. The molecule has 3 aliphatic rings. The van der Waals surface area contributed by atoms with E-state index in [0.717, 1.165) is 38.4 Å². The van der Waals surface area contributed by atoms with Crippen molar-refractivity contribution in [3.63, 3.8) is 0 Å². The Bertz CT molecular complexity index is 296. The summed E-state index contributed by atoms with van der Waals surface area (Å²) in [6, 6.07) is 0. The zero-order valence-corrected chi connectivity index (χ0v) is 10.1. The van der Waals surface area contributed by atoms with Gasteiger partial charge in [0.1, 0.15) is 0 Å². The van der Waals surface area contributed by atoms with Crippen LogP contribution in [-0.4, -0.2) is 24.7 Å². The molecule has 0 radical (unpaired) electrons. The first-order chi connectivity index (χ1) is 7.66. The van der Waals surface area contributed by atoms with Crippen LogP contribution in [0.15, 0.2) is 0 Å². The van der Waals surface area contributed by atoms with E-state index in [-0.39, 0.29) is 16.9 Å². The fourth-order valence-corrected chi connectivity index (χ4v) is 4.28. The second-order valence-corrected chi connectivity index (χ2v) is 6.05. The van der Waals surface area contributed by atoms with Gasteiger partial charge >= 0.3 is 0 Å². The van der Waals surface area contributed by atoms with Crippen molar-refractivity contribution in [3.05, 3.63) is 0 Å². The van der Waals surface area contributed by atoms with E-state index in [1.807, 2.05) is 0 Å². The summed E-state index contributed by atoms with van der Waals surface area (Å²) in [7, 11) is 0. The van der Waals surface area contributed by atoms with Gasteiger partial charge in [-0.05, 0) is 31.6 Å². The number of nitrogens with one attached hydrogen (secondary N) is 1. The van der Waals surface area contributed by atoms with Gasteiger partial charge in [-0.25, -0.2) is 0 Å². The Morgan fingerprint density at radius 1 is 1.31 bits per heavy atom. The molecule has 2 spiro atoms. The minimum absolute atomic E-state index is 0.0765. The molecule has 1 aliphatic carbocycles. The van der Waals surface area contributed by atoms with Crippen molar-refractivity contribution < 1.29 is 9.53 Å². The Hall–Kier alpha value is -0.570. The zero-order valence-electron chi connectivity index (χ0n) is 10.1. The highest BCUT2D eigenvalue weighted by Crippen LogP contribution is 2.57. The van der Waals surface area contributed by atoms with Crippen molar-refractivity contribution in [2.45, 2.75) is 51.0 Å². The molecule has 1 amide bonds. The molecule has 1 saturated carbocycles. The quantitative estimate of drug-likeness (QED) is 0.680. The average Bonchev–Trinajstić information content (AvgIpc) is 2.72. The van der Waals surface area contributed by atoms with Crippen molar-refractivity contribution in [3.8, 4) is 0 Å². The maximum Gasteiger partial charge on any atom is 0.221 e. The van der Waals surface area contributed by atoms with Crippen molar-refractivity contribution in [1.82, 2.24) is 5.32 Å². The van der Waals surface area contributed by atoms with E-state index in [0.29, 0.717) is 0 Å². The summed E-state index contributed by atoms with van der Waals surface area (Å²) >= 11 is 0. The molecule has 0 aromatic rings. The van der Waals surface area contributed by atoms with E-state index in [2.05, 4.69) is 12.2 Å². The van der Waals surface area contributed by atoms with E-state index < -0.39 is 0 Å². The van der Waals surface area contributed by atoms with E-state index in [1.165, 1.54) is 19.3 Å². The molecule has 1 N–H and O–H groups in total. The van der Waals surface area contributed by atoms with Crippen LogP contribution in [0.25, 0.3) is 0 Å². The second kappa shape index (κ2) is 3.46. The molecule has 0 bridgehead atoms. The number of ether oxygens (including phenoxy) is 1. The van der Waals surface area contributed by atoms with Crippen LogP contribution >= 0.6 is 0 Å². The predicted molar refractivity (Wildman–Crippen MR) is 61.0 cm³/mol. The van der Waals surface area contributed by atoms with Crippen LogP contribution in [0.4, 0.5) is 0 Å². The molecule has 0 aromatic heterocycles. The van der Waals surface area contributed by atoms with Crippen LogP contribution in [0.3, 0.4) is 0 Å². The third kappa shape index (κ3) is 1.33. The van der Waals surface area contributed by atoms with Crippen LogP contribution in [0, 0.1) is 11.3 Å². The molecule has 0 aromatic carbocycles. The lowest BCUT2D eigenvalue weighted by molar-refractivity contribution is -0.120. The monoisotopic (exact) mass is 223 g/mol. The molecule has 2 saturated heterocycles. The molecule has 2 aliphatic heterocycles. The average molecular weight is 223 g/mol. The van der Waals surface area contributed by atoms with Gasteiger partial charge in [-0.15, -0.1) is 0 Å². The molecule has 90 valence electrons. The Morgan fingerprint density at radius 3 is 2.69 bits per heavy atom. The van der Waals surface area contributed by atoms with Crippen molar-refractivity contribution in [2.24, 2.45) is 11.3 Å². The van der Waals surface area contributed by atoms with E-state index in [9.17, 15) is 4.79 Å². The lowest BCUT2D eigenvalue weighted by Gasteiger charge is -2.45. The molecule has 16 heavy (non-hydrogen) atoms. The number of hydrogen-bond donors (Lipinski definition) is 1. The SMILES string of the molecule is CC1CCC2(CC(=O)NC23CCOCC3)C1. The van der Waals surface area contributed by atoms with Gasteiger partial charge in [-0.1, -0.05) is 13.3 Å². The van der Waals surface area contributed by atoms with Crippen LogP contribution in [-0.2, 0) is 9.53 Å². The highest BCUT2D eigenvalue weighted by molar-refractivity contribution is 5.81. The van der Waals surface area contributed by atoms with Crippen LogP contribution in [0.5, 0.6) is 0 Å². The van der Waals surface area contributed by atoms with E-state index >= 15 is 0 Å². The summed E-state index contributed by atoms with van der Waals surface area (Å²) < 4.78 is 5.47. The van der Waals surface area contributed by atoms with Crippen LogP contribution < -0.4 is 5.32 Å². The lowest BCUT2D eigenvalue weighted by atomic mass is 9.65. The second-order valence-electron chi connectivity index (χ2n) is 6.05. The topological polar surface area (TPSA) is 38.3 Å². The van der Waals surface area contributed by atoms with Gasteiger partial charge in [-0.3, -0.25) is 4.79 Å². The van der Waals surface area contributed by atoms with Crippen LogP contribution in [0.2, 0.25) is 0 Å². The van der Waals surface area contributed by atoms with E-state index in [4.69, 9.17) is 4.74 Å². The summed E-state index contributed by atoms with van der Waals surface area (Å²) in [4.78, 5) is 11.8. The van der Waals surface area contributed by atoms with Gasteiger partial charge in [0.15, 0.2) is 0 Å². The predicted octanol–water partition coefficient (Wildman–Crippen LogP) is 1.86. The van der Waals surface area contributed by atoms with E-state index in [1.54, 1.807) is 0 Å². The summed E-state index contributed by atoms with van der Waals surface area (Å²) in [5.41, 5.74) is 0.334. The largest absolute Gasteiger partial charge is 0.381 e. The molecular formula is C13H21NO2. The highest BCUT2D eigenvalue weighted by atomic mass is 16.5. The van der Waals surface area contributed by atoms with Gasteiger partial charge < -0.3 is 10.1 Å². The maximum atomic E-state index is 11.8. The molecule has 2 unspecified atom stereocenters. The molecule has 3 rings (SSSR count). The van der Waals surface area contributed by atoms with Crippen molar-refractivity contribution >= 4 is 5.91 Å². The van der Waals surface area contributed by atoms with Gasteiger partial charge in [0.05, 0.1) is 5.54 Å². The standard InChI is InChI=1S/C13H21NO2/c1-10-2-3-12(8-10)9-11(15)14-13(12)4-6-16-7-5-13/h10H,2-9H2,1H3,(H,14,15). The smallest absolute Gasteiger partial charge is 0.221 e. The molecule has 2 atom stereocenters. The van der Waals surface area contributed by atoms with Crippen molar-refractivity contribution in [1.29, 1.82) is 0 Å². The summed E-state index contributed by atoms with van der Waals surface area (Å²) in [6.45, 7) is 3.96. The number of carbonyl (C=O) groups excluding carboxylic acids is 1. The van der Waals surface area contributed by atoms with Gasteiger partial charge in [0, 0.05) is 25.0 Å². The number of hydrogen-bond acceptors (Lipinski definition) is 2. The molecule has 3 nitrogen and oxygen atoms in total. The first-order valence-electron chi connectivity index (χ1n) is 6.55. The number of amides is 1. The number of fused-ring (bicyclic) bond motifs is 1. The Morgan fingerprint density at radius 2 is 2.06 bits per heavy atom. The number of rotatable bonds is 0. The Balaban J connectivity index is 1.92. The fraction of sp³-hybridized carbons (Fsp3) is 0.923. The Kier molecular flexibility index (Phi) is 2.29. The fourth-order valence-electron chi connectivity index (χ4n) is 4.28. The van der Waals surface area contributed by atoms with Crippen LogP contribution in [0.1, 0.15) is 45.4 Å². The zero-order chi connectivity index (χ0) is 11.2.